The van der Waals surface area contributed by atoms with Gasteiger partial charge in [-0.25, -0.2) is 23.1 Å². The summed E-state index contributed by atoms with van der Waals surface area (Å²) in [7, 11) is 0. The Morgan fingerprint density at radius 1 is 1.02 bits per heavy atom. The topological polar surface area (TPSA) is 132 Å². The van der Waals surface area contributed by atoms with E-state index in [1.165, 1.54) is 18.5 Å². The number of amides is 1. The minimum atomic E-state index is -1.06. The Morgan fingerprint density at radius 3 is 2.57 bits per heavy atom. The Morgan fingerprint density at radius 2 is 1.81 bits per heavy atom. The predicted molar refractivity (Wildman–Crippen MR) is 148 cm³/mol. The maximum absolute atomic E-state index is 14.5. The number of nitro groups is 1. The lowest BCUT2D eigenvalue weighted by Crippen LogP contribution is -2.37. The summed E-state index contributed by atoms with van der Waals surface area (Å²) in [4.78, 5) is 34.3. The number of nitro benzene ring substituents is 1. The third kappa shape index (κ3) is 6.72. The predicted octanol–water partition coefficient (Wildman–Crippen LogP) is 5.05. The van der Waals surface area contributed by atoms with Crippen LogP contribution in [-0.4, -0.2) is 65.2 Å². The first-order valence-corrected chi connectivity index (χ1v) is 13.0. The molecule has 1 aliphatic heterocycles. The number of nitrogens with zero attached hydrogens (tertiary/aromatic N) is 4. The van der Waals surface area contributed by atoms with Gasteiger partial charge in [0.1, 0.15) is 23.7 Å². The maximum Gasteiger partial charge on any atom is 0.270 e. The Kier molecular flexibility index (Phi) is 8.74. The van der Waals surface area contributed by atoms with E-state index in [4.69, 9.17) is 9.47 Å². The molecule has 1 amide bonds. The van der Waals surface area contributed by atoms with Gasteiger partial charge in [0.25, 0.3) is 11.6 Å². The Labute approximate surface area is 237 Å². The van der Waals surface area contributed by atoms with Crippen LogP contribution in [0.4, 0.5) is 36.1 Å². The second-order valence-corrected chi connectivity index (χ2v) is 9.37. The SMILES string of the molecule is O=C(Nc1cc2c(Nc3ccc(F)c(F)c3)ncnc2cc1OCCCN1CCOCC1)c1cc([N+](=O)[O-])ccc1F. The van der Waals surface area contributed by atoms with Crippen molar-refractivity contribution in [2.45, 2.75) is 6.42 Å². The molecule has 0 bridgehead atoms. The van der Waals surface area contributed by atoms with Crippen LogP contribution in [0.25, 0.3) is 10.9 Å². The van der Waals surface area contributed by atoms with Crippen molar-refractivity contribution in [1.29, 1.82) is 0 Å². The van der Waals surface area contributed by atoms with Crippen LogP contribution < -0.4 is 15.4 Å². The lowest BCUT2D eigenvalue weighted by molar-refractivity contribution is -0.384. The molecule has 0 radical (unpaired) electrons. The van der Waals surface area contributed by atoms with Gasteiger partial charge in [0.05, 0.1) is 41.5 Å². The molecule has 2 N–H and O–H groups in total. The highest BCUT2D eigenvalue weighted by Crippen LogP contribution is 2.34. The van der Waals surface area contributed by atoms with Crippen LogP contribution in [0.15, 0.2) is 54.9 Å². The second-order valence-electron chi connectivity index (χ2n) is 9.37. The van der Waals surface area contributed by atoms with Gasteiger partial charge in [0, 0.05) is 55.0 Å². The summed E-state index contributed by atoms with van der Waals surface area (Å²) in [6, 6.07) is 8.93. The highest BCUT2D eigenvalue weighted by molar-refractivity contribution is 6.07. The van der Waals surface area contributed by atoms with Crippen LogP contribution >= 0.6 is 0 Å². The molecule has 0 atom stereocenters. The zero-order valence-electron chi connectivity index (χ0n) is 22.1. The quantitative estimate of drug-likeness (QED) is 0.150. The van der Waals surface area contributed by atoms with Crippen molar-refractivity contribution in [1.82, 2.24) is 14.9 Å². The van der Waals surface area contributed by atoms with Gasteiger partial charge in [-0.15, -0.1) is 0 Å². The summed E-state index contributed by atoms with van der Waals surface area (Å²) < 4.78 is 53.1. The highest BCUT2D eigenvalue weighted by Gasteiger charge is 2.20. The number of non-ortho nitro benzene ring substituents is 1. The average Bonchev–Trinajstić information content (AvgIpc) is 2.98. The molecule has 0 spiro atoms. The molecule has 1 saturated heterocycles. The van der Waals surface area contributed by atoms with Gasteiger partial charge in [0.15, 0.2) is 11.6 Å². The zero-order valence-corrected chi connectivity index (χ0v) is 22.1. The van der Waals surface area contributed by atoms with E-state index in [1.54, 1.807) is 6.07 Å². The van der Waals surface area contributed by atoms with Gasteiger partial charge in [-0.1, -0.05) is 0 Å². The molecule has 5 rings (SSSR count). The molecule has 1 fully saturated rings. The summed E-state index contributed by atoms with van der Waals surface area (Å²) in [5.41, 5.74) is -0.259. The highest BCUT2D eigenvalue weighted by atomic mass is 19.2. The van der Waals surface area contributed by atoms with E-state index in [0.29, 0.717) is 30.5 Å². The lowest BCUT2D eigenvalue weighted by Gasteiger charge is -2.26. The molecule has 0 aliphatic carbocycles. The molecule has 42 heavy (non-hydrogen) atoms. The smallest absolute Gasteiger partial charge is 0.270 e. The van der Waals surface area contributed by atoms with Gasteiger partial charge in [-0.05, 0) is 30.7 Å². The standard InChI is InChI=1S/C28H25F3N6O5/c29-21-5-3-18(37(39)40)13-19(21)28(38)35-25-14-20-24(15-26(25)42-9-1-6-36-7-10-41-11-8-36)32-16-33-27(20)34-17-2-4-22(30)23(31)12-17/h2-5,12-16H,1,6-11H2,(H,35,38)(H,32,33,34). The summed E-state index contributed by atoms with van der Waals surface area (Å²) in [5.74, 6) is -3.53. The zero-order chi connectivity index (χ0) is 29.6. The van der Waals surface area contributed by atoms with E-state index in [2.05, 4.69) is 25.5 Å². The molecule has 2 heterocycles. The molecule has 1 aromatic heterocycles. The number of hydrogen-bond acceptors (Lipinski definition) is 9. The molecule has 1 aliphatic rings. The Bertz CT molecular complexity index is 1630. The van der Waals surface area contributed by atoms with E-state index >= 15 is 0 Å². The van der Waals surface area contributed by atoms with Crippen molar-refractivity contribution in [2.24, 2.45) is 0 Å². The fourth-order valence-corrected chi connectivity index (χ4v) is 4.40. The minimum Gasteiger partial charge on any atom is -0.491 e. The van der Waals surface area contributed by atoms with Crippen molar-refractivity contribution >= 4 is 39.7 Å². The summed E-state index contributed by atoms with van der Waals surface area (Å²) in [6.45, 7) is 4.00. The molecular weight excluding hydrogens is 557 g/mol. The first kappa shape index (κ1) is 28.7. The summed E-state index contributed by atoms with van der Waals surface area (Å²) >= 11 is 0. The number of morpholine rings is 1. The van der Waals surface area contributed by atoms with E-state index in [0.717, 1.165) is 50.0 Å². The van der Waals surface area contributed by atoms with E-state index in [1.807, 2.05) is 0 Å². The Balaban J connectivity index is 1.45. The molecular formula is C28H25F3N6O5. The fourth-order valence-electron chi connectivity index (χ4n) is 4.40. The van der Waals surface area contributed by atoms with Crippen molar-refractivity contribution in [3.05, 3.63) is 88.0 Å². The Hall–Kier alpha value is -4.82. The molecule has 14 heteroatoms. The number of carbonyl (C=O) groups is 1. The number of halogens is 3. The molecule has 218 valence electrons. The first-order valence-electron chi connectivity index (χ1n) is 13.0. The van der Waals surface area contributed by atoms with Gasteiger partial charge in [-0.2, -0.15) is 0 Å². The van der Waals surface area contributed by atoms with Crippen LogP contribution in [0.2, 0.25) is 0 Å². The average molecular weight is 583 g/mol. The number of fused-ring (bicyclic) bond motifs is 1. The molecule has 3 aromatic carbocycles. The van der Waals surface area contributed by atoms with Gasteiger partial charge in [0.2, 0.25) is 0 Å². The van der Waals surface area contributed by atoms with Gasteiger partial charge >= 0.3 is 0 Å². The van der Waals surface area contributed by atoms with Crippen molar-refractivity contribution in [2.75, 3.05) is 50.1 Å². The number of aromatic nitrogens is 2. The largest absolute Gasteiger partial charge is 0.491 e. The van der Waals surface area contributed by atoms with Crippen molar-refractivity contribution < 1.29 is 32.4 Å². The third-order valence-electron chi connectivity index (χ3n) is 6.55. The first-order chi connectivity index (χ1) is 20.3. The minimum absolute atomic E-state index is 0.118. The molecule has 0 saturated carbocycles. The second kappa shape index (κ2) is 12.8. The summed E-state index contributed by atoms with van der Waals surface area (Å²) in [5, 5.41) is 17.0. The van der Waals surface area contributed by atoms with Crippen LogP contribution in [0.1, 0.15) is 16.8 Å². The summed E-state index contributed by atoms with van der Waals surface area (Å²) in [6.07, 6.45) is 1.93. The van der Waals surface area contributed by atoms with E-state index < -0.39 is 39.5 Å². The number of ether oxygens (including phenoxy) is 2. The maximum atomic E-state index is 14.5. The number of nitrogens with one attached hydrogen (secondary N) is 2. The number of carbonyl (C=O) groups excluding carboxylic acids is 1. The van der Waals surface area contributed by atoms with E-state index in [-0.39, 0.29) is 29.5 Å². The van der Waals surface area contributed by atoms with Crippen LogP contribution in [-0.2, 0) is 4.74 Å². The van der Waals surface area contributed by atoms with Gasteiger partial charge < -0.3 is 20.1 Å². The fraction of sp³-hybridized carbons (Fsp3) is 0.250. The normalized spacial score (nSPS) is 13.6. The molecule has 11 nitrogen and oxygen atoms in total. The lowest BCUT2D eigenvalue weighted by atomic mass is 10.1. The van der Waals surface area contributed by atoms with Crippen molar-refractivity contribution in [3.63, 3.8) is 0 Å². The van der Waals surface area contributed by atoms with Crippen LogP contribution in [0.3, 0.4) is 0 Å². The van der Waals surface area contributed by atoms with Crippen LogP contribution in [0, 0.1) is 27.6 Å². The molecule has 0 unspecified atom stereocenters. The number of hydrogen-bond donors (Lipinski definition) is 2. The number of anilines is 3. The van der Waals surface area contributed by atoms with Crippen molar-refractivity contribution in [3.8, 4) is 5.75 Å². The van der Waals surface area contributed by atoms with Gasteiger partial charge in [-0.3, -0.25) is 19.8 Å². The third-order valence-corrected chi connectivity index (χ3v) is 6.55. The molecule has 4 aromatic rings. The monoisotopic (exact) mass is 582 g/mol. The number of benzene rings is 3. The number of rotatable bonds is 10. The van der Waals surface area contributed by atoms with E-state index in [9.17, 15) is 28.1 Å². The van der Waals surface area contributed by atoms with Crippen LogP contribution in [0.5, 0.6) is 5.75 Å².